The number of hydrogen-bond acceptors (Lipinski definition) is 2. The summed E-state index contributed by atoms with van der Waals surface area (Å²) in [6, 6.07) is 0. The summed E-state index contributed by atoms with van der Waals surface area (Å²) < 4.78 is 3.86. The first kappa shape index (κ1) is 4.18. The Morgan fingerprint density at radius 1 is 2.00 bits per heavy atom. The van der Waals surface area contributed by atoms with Crippen molar-refractivity contribution in [3.63, 3.8) is 0 Å². The third-order valence-electron chi connectivity index (χ3n) is 0.0481. The van der Waals surface area contributed by atoms with Gasteiger partial charge in [-0.05, 0) is 0 Å². The SMILES string of the molecule is O=C[O][Ti]. The quantitative estimate of drug-likeness (QED) is 0.326. The average Bonchev–Trinajstić information content (AvgIpc) is 1.37. The molecule has 0 saturated carbocycles. The molecule has 0 bridgehead atoms. The molecule has 0 heterocycles. The van der Waals surface area contributed by atoms with Crippen molar-refractivity contribution >= 4 is 6.47 Å². The normalized spacial score (nSPS) is 4.75. The summed E-state index contributed by atoms with van der Waals surface area (Å²) in [5.74, 6) is 0. The van der Waals surface area contributed by atoms with Crippen LogP contribution in [0.2, 0.25) is 0 Å². The average molecular weight is 92.9 g/mol. The Morgan fingerprint density at radius 3 is 2.25 bits per heavy atom. The molecule has 0 fully saturated rings. The van der Waals surface area contributed by atoms with Crippen molar-refractivity contribution in [1.29, 1.82) is 0 Å². The van der Waals surface area contributed by atoms with Crippen molar-refractivity contribution in [1.82, 2.24) is 0 Å². The van der Waals surface area contributed by atoms with Gasteiger partial charge in [-0.2, -0.15) is 0 Å². The van der Waals surface area contributed by atoms with E-state index in [1.807, 2.05) is 0 Å². The van der Waals surface area contributed by atoms with E-state index in [1.54, 1.807) is 0 Å². The summed E-state index contributed by atoms with van der Waals surface area (Å²) in [5, 5.41) is 0. The molecule has 2 nitrogen and oxygen atoms in total. The zero-order valence-corrected chi connectivity index (χ0v) is 3.46. The summed E-state index contributed by atoms with van der Waals surface area (Å²) in [6.07, 6.45) is 0. The Morgan fingerprint density at radius 2 is 2.25 bits per heavy atom. The third kappa shape index (κ3) is 2.18. The molecule has 0 aliphatic rings. The Kier molecular flexibility index (Phi) is 3.33. The van der Waals surface area contributed by atoms with Gasteiger partial charge in [0, 0.05) is 0 Å². The third-order valence-corrected chi connectivity index (χ3v) is 0.198. The molecule has 0 unspecified atom stereocenters. The van der Waals surface area contributed by atoms with Crippen LogP contribution < -0.4 is 0 Å². The van der Waals surface area contributed by atoms with Crippen LogP contribution in [-0.2, 0) is 28.9 Å². The maximum atomic E-state index is 8.95. The monoisotopic (exact) mass is 92.9 g/mol. The van der Waals surface area contributed by atoms with E-state index in [4.69, 9.17) is 4.79 Å². The molecule has 0 aliphatic carbocycles. The zero-order valence-electron chi connectivity index (χ0n) is 1.89. The van der Waals surface area contributed by atoms with Gasteiger partial charge in [-0.25, -0.2) is 0 Å². The molecule has 0 amide bonds. The molecule has 4 heavy (non-hydrogen) atoms. The molecule has 0 N–H and O–H groups in total. The van der Waals surface area contributed by atoms with Gasteiger partial charge in [-0.15, -0.1) is 0 Å². The van der Waals surface area contributed by atoms with E-state index in [1.165, 1.54) is 20.8 Å². The maximum absolute atomic E-state index is 8.95. The fraction of sp³-hybridized carbons (Fsp3) is 0. The molecule has 0 atom stereocenters. The first-order chi connectivity index (χ1) is 1.91. The topological polar surface area (TPSA) is 26.3 Å². The minimum absolute atomic E-state index is 0.375. The van der Waals surface area contributed by atoms with Crippen LogP contribution in [0.15, 0.2) is 0 Å². The Hall–Kier alpha value is 0.184. The van der Waals surface area contributed by atoms with Crippen LogP contribution in [0.5, 0.6) is 0 Å². The molecule has 0 aromatic carbocycles. The molecule has 0 aromatic rings. The zero-order chi connectivity index (χ0) is 3.41. The van der Waals surface area contributed by atoms with Crippen molar-refractivity contribution in [2.24, 2.45) is 0 Å². The molecule has 0 radical (unpaired) electrons. The summed E-state index contributed by atoms with van der Waals surface area (Å²) in [4.78, 5) is 8.95. The molecule has 0 aliphatic heterocycles. The van der Waals surface area contributed by atoms with Crippen LogP contribution in [-0.4, -0.2) is 6.47 Å². The van der Waals surface area contributed by atoms with E-state index >= 15 is 0 Å². The second kappa shape index (κ2) is 3.18. The van der Waals surface area contributed by atoms with Crippen molar-refractivity contribution in [2.75, 3.05) is 0 Å². The summed E-state index contributed by atoms with van der Waals surface area (Å²) in [7, 11) is 0. The first-order valence-corrected chi connectivity index (χ1v) is 1.31. The Labute approximate surface area is 36.0 Å². The van der Waals surface area contributed by atoms with Crippen molar-refractivity contribution < 1.29 is 28.9 Å². The molecular weight excluding hydrogens is 91.9 g/mol. The molecule has 0 aromatic heterocycles. The second-order valence-corrected chi connectivity index (χ2v) is 0.582. The summed E-state index contributed by atoms with van der Waals surface area (Å²) in [6.45, 7) is 0.375. The Balaban J connectivity index is 2.30. The molecule has 0 rings (SSSR count). The van der Waals surface area contributed by atoms with Gasteiger partial charge in [0.2, 0.25) is 0 Å². The van der Waals surface area contributed by atoms with Crippen molar-refractivity contribution in [3.05, 3.63) is 0 Å². The van der Waals surface area contributed by atoms with Gasteiger partial charge in [0.05, 0.1) is 0 Å². The van der Waals surface area contributed by atoms with Crippen molar-refractivity contribution in [2.45, 2.75) is 0 Å². The van der Waals surface area contributed by atoms with E-state index in [0.717, 1.165) is 0 Å². The van der Waals surface area contributed by atoms with E-state index < -0.39 is 0 Å². The van der Waals surface area contributed by atoms with Gasteiger partial charge in [0.1, 0.15) is 0 Å². The van der Waals surface area contributed by atoms with Crippen LogP contribution >= 0.6 is 0 Å². The van der Waals surface area contributed by atoms with E-state index in [2.05, 4.69) is 3.32 Å². The van der Waals surface area contributed by atoms with Crippen LogP contribution in [0.4, 0.5) is 0 Å². The fourth-order valence-corrected chi connectivity index (χ4v) is 0. The summed E-state index contributed by atoms with van der Waals surface area (Å²) >= 11 is 1.31. The second-order valence-electron chi connectivity index (χ2n) is 0.214. The van der Waals surface area contributed by atoms with Crippen LogP contribution in [0.25, 0.3) is 0 Å². The molecule has 0 saturated heterocycles. The van der Waals surface area contributed by atoms with Crippen molar-refractivity contribution in [3.8, 4) is 0 Å². The Bertz CT molecular complexity index is 20.0. The number of carbonyl (C=O) groups is 1. The number of carbonyl (C=O) groups excluding carboxylic acids is 1. The predicted octanol–water partition coefficient (Wildman–Crippen LogP) is -0.379. The number of rotatable bonds is 1. The standard InChI is InChI=1S/CH2O2.Ti/c2-1-3;/h1H,(H,2,3);/q;+1/p-1. The van der Waals surface area contributed by atoms with Gasteiger partial charge in [-0.3, -0.25) is 0 Å². The van der Waals surface area contributed by atoms with E-state index in [0.29, 0.717) is 6.47 Å². The predicted molar refractivity (Wildman–Crippen MR) is 7.15 cm³/mol. The van der Waals surface area contributed by atoms with Gasteiger partial charge in [0.15, 0.2) is 0 Å². The van der Waals surface area contributed by atoms with Crippen LogP contribution in [0.3, 0.4) is 0 Å². The number of hydrogen-bond donors (Lipinski definition) is 0. The molecule has 3 heteroatoms. The molecule has 21 valence electrons. The van der Waals surface area contributed by atoms with Crippen LogP contribution in [0.1, 0.15) is 0 Å². The molecule has 0 spiro atoms. The van der Waals surface area contributed by atoms with Gasteiger partial charge < -0.3 is 0 Å². The van der Waals surface area contributed by atoms with Gasteiger partial charge in [0.25, 0.3) is 0 Å². The van der Waals surface area contributed by atoms with E-state index in [9.17, 15) is 0 Å². The van der Waals surface area contributed by atoms with Crippen LogP contribution in [0, 0.1) is 0 Å². The minimum atomic E-state index is 0.375. The van der Waals surface area contributed by atoms with Gasteiger partial charge >= 0.3 is 35.4 Å². The fourth-order valence-electron chi connectivity index (χ4n) is 0. The molecular formula is CHO2Ti. The van der Waals surface area contributed by atoms with Gasteiger partial charge in [-0.1, -0.05) is 0 Å². The summed E-state index contributed by atoms with van der Waals surface area (Å²) in [5.41, 5.74) is 0. The van der Waals surface area contributed by atoms with E-state index in [-0.39, 0.29) is 0 Å². The first-order valence-electron chi connectivity index (χ1n) is 0.676.